The molecule has 0 atom stereocenters. The molecule has 0 fully saturated rings. The van der Waals surface area contributed by atoms with Crippen molar-refractivity contribution in [2.45, 2.75) is 20.3 Å². The molecule has 0 aromatic heterocycles. The molecule has 13 heavy (non-hydrogen) atoms. The van der Waals surface area contributed by atoms with Crippen LogP contribution in [0.5, 0.6) is 5.75 Å². The number of ether oxygens (including phenoxy) is 1. The maximum absolute atomic E-state index is 5.46. The van der Waals surface area contributed by atoms with Crippen LogP contribution in [-0.2, 0) is 6.42 Å². The summed E-state index contributed by atoms with van der Waals surface area (Å²) in [7, 11) is 0. The van der Waals surface area contributed by atoms with Crippen molar-refractivity contribution in [3.8, 4) is 5.75 Å². The Balaban J connectivity index is 2.79. The van der Waals surface area contributed by atoms with Crippen molar-refractivity contribution in [3.63, 3.8) is 0 Å². The van der Waals surface area contributed by atoms with E-state index in [1.807, 2.05) is 6.92 Å². The summed E-state index contributed by atoms with van der Waals surface area (Å²) in [4.78, 5) is 0. The number of rotatable bonds is 4. The van der Waals surface area contributed by atoms with E-state index in [9.17, 15) is 0 Å². The first-order valence-corrected chi connectivity index (χ1v) is 5.68. The molecule has 0 amide bonds. The lowest BCUT2D eigenvalue weighted by Crippen LogP contribution is -1.95. The van der Waals surface area contributed by atoms with E-state index in [1.165, 1.54) is 11.1 Å². The van der Waals surface area contributed by atoms with Crippen molar-refractivity contribution in [1.82, 2.24) is 0 Å². The van der Waals surface area contributed by atoms with Crippen LogP contribution in [0, 0.1) is 6.92 Å². The average molecular weight is 243 g/mol. The zero-order valence-corrected chi connectivity index (χ0v) is 9.73. The molecule has 0 aliphatic heterocycles. The van der Waals surface area contributed by atoms with Gasteiger partial charge in [0.25, 0.3) is 0 Å². The largest absolute Gasteiger partial charge is 0.494 e. The van der Waals surface area contributed by atoms with E-state index in [2.05, 4.69) is 41.1 Å². The minimum absolute atomic E-state index is 0.735. The van der Waals surface area contributed by atoms with Gasteiger partial charge in [-0.2, -0.15) is 0 Å². The van der Waals surface area contributed by atoms with Crippen molar-refractivity contribution in [2.75, 3.05) is 11.9 Å². The Morgan fingerprint density at radius 3 is 2.69 bits per heavy atom. The van der Waals surface area contributed by atoms with Crippen LogP contribution in [0.4, 0.5) is 0 Å². The molecule has 1 rings (SSSR count). The predicted octanol–water partition coefficient (Wildman–Crippen LogP) is 3.33. The maximum atomic E-state index is 5.46. The van der Waals surface area contributed by atoms with Gasteiger partial charge < -0.3 is 4.74 Å². The smallest absolute Gasteiger partial charge is 0.122 e. The van der Waals surface area contributed by atoms with Gasteiger partial charge in [-0.05, 0) is 37.5 Å². The Bertz CT molecular complexity index is 271. The van der Waals surface area contributed by atoms with Crippen molar-refractivity contribution >= 4 is 15.9 Å². The molecule has 1 aromatic carbocycles. The Kier molecular flexibility index (Phi) is 4.29. The fourth-order valence-corrected chi connectivity index (χ4v) is 1.75. The Morgan fingerprint density at radius 1 is 1.38 bits per heavy atom. The van der Waals surface area contributed by atoms with E-state index >= 15 is 0 Å². The van der Waals surface area contributed by atoms with Gasteiger partial charge in [-0.15, -0.1) is 0 Å². The summed E-state index contributed by atoms with van der Waals surface area (Å²) in [5.41, 5.74) is 2.58. The summed E-state index contributed by atoms with van der Waals surface area (Å²) >= 11 is 3.43. The zero-order chi connectivity index (χ0) is 9.68. The highest BCUT2D eigenvalue weighted by molar-refractivity contribution is 9.09. The minimum Gasteiger partial charge on any atom is -0.494 e. The van der Waals surface area contributed by atoms with Gasteiger partial charge in [-0.25, -0.2) is 0 Å². The second kappa shape index (κ2) is 5.28. The summed E-state index contributed by atoms with van der Waals surface area (Å²) in [6.45, 7) is 4.83. The van der Waals surface area contributed by atoms with E-state index < -0.39 is 0 Å². The first-order valence-electron chi connectivity index (χ1n) is 4.56. The van der Waals surface area contributed by atoms with Crippen LogP contribution in [0.25, 0.3) is 0 Å². The van der Waals surface area contributed by atoms with Gasteiger partial charge >= 0.3 is 0 Å². The van der Waals surface area contributed by atoms with Crippen LogP contribution in [-0.4, -0.2) is 11.9 Å². The molecule has 0 aliphatic carbocycles. The lowest BCUT2D eigenvalue weighted by molar-refractivity contribution is 0.338. The molecule has 2 heteroatoms. The summed E-state index contributed by atoms with van der Waals surface area (Å²) < 4.78 is 5.46. The molecule has 1 aromatic rings. The molecule has 0 spiro atoms. The van der Waals surface area contributed by atoms with Crippen LogP contribution >= 0.6 is 15.9 Å². The van der Waals surface area contributed by atoms with E-state index in [4.69, 9.17) is 4.74 Å². The molecule has 0 saturated carbocycles. The monoisotopic (exact) mass is 242 g/mol. The zero-order valence-electron chi connectivity index (χ0n) is 8.14. The number of benzene rings is 1. The third-order valence-corrected chi connectivity index (χ3v) is 2.32. The van der Waals surface area contributed by atoms with Gasteiger partial charge in [-0.3, -0.25) is 0 Å². The number of hydrogen-bond acceptors (Lipinski definition) is 1. The van der Waals surface area contributed by atoms with Crippen molar-refractivity contribution in [1.29, 1.82) is 0 Å². The fourth-order valence-electron chi connectivity index (χ4n) is 1.29. The van der Waals surface area contributed by atoms with Gasteiger partial charge in [0.1, 0.15) is 5.75 Å². The van der Waals surface area contributed by atoms with Crippen molar-refractivity contribution in [2.24, 2.45) is 0 Å². The third kappa shape index (κ3) is 3.03. The molecule has 0 unspecified atom stereocenters. The van der Waals surface area contributed by atoms with Crippen LogP contribution in [0.1, 0.15) is 18.1 Å². The van der Waals surface area contributed by atoms with E-state index in [0.29, 0.717) is 0 Å². The minimum atomic E-state index is 0.735. The second-order valence-electron chi connectivity index (χ2n) is 2.97. The normalized spacial score (nSPS) is 10.1. The van der Waals surface area contributed by atoms with Crippen LogP contribution in [0.15, 0.2) is 18.2 Å². The van der Waals surface area contributed by atoms with Gasteiger partial charge in [0, 0.05) is 5.33 Å². The Morgan fingerprint density at radius 2 is 2.15 bits per heavy atom. The number of hydrogen-bond donors (Lipinski definition) is 0. The lowest BCUT2D eigenvalue weighted by Gasteiger charge is -2.08. The molecule has 0 N–H and O–H groups in total. The molecular formula is C11H15BrO. The Labute approximate surface area is 88.2 Å². The summed E-state index contributed by atoms with van der Waals surface area (Å²) in [5.74, 6) is 1.00. The van der Waals surface area contributed by atoms with Gasteiger partial charge in [0.05, 0.1) is 6.61 Å². The van der Waals surface area contributed by atoms with Crippen molar-refractivity contribution in [3.05, 3.63) is 29.3 Å². The molecule has 0 radical (unpaired) electrons. The second-order valence-corrected chi connectivity index (χ2v) is 3.76. The number of halogens is 1. The molecular weight excluding hydrogens is 228 g/mol. The van der Waals surface area contributed by atoms with Crippen LogP contribution in [0.2, 0.25) is 0 Å². The standard InChI is InChI=1S/C11H15BrO/c1-3-13-11-5-4-10(6-7-12)8-9(11)2/h4-5,8H,3,6-7H2,1-2H3. The fraction of sp³-hybridized carbons (Fsp3) is 0.455. The highest BCUT2D eigenvalue weighted by Gasteiger charge is 1.99. The predicted molar refractivity (Wildman–Crippen MR) is 59.8 cm³/mol. The highest BCUT2D eigenvalue weighted by Crippen LogP contribution is 2.19. The molecule has 0 saturated heterocycles. The van der Waals surface area contributed by atoms with E-state index in [1.54, 1.807) is 0 Å². The van der Waals surface area contributed by atoms with E-state index in [-0.39, 0.29) is 0 Å². The first-order chi connectivity index (χ1) is 6.27. The molecule has 1 nitrogen and oxygen atoms in total. The molecule has 0 heterocycles. The SMILES string of the molecule is CCOc1ccc(CCBr)cc1C. The summed E-state index contributed by atoms with van der Waals surface area (Å²) in [6.07, 6.45) is 1.08. The third-order valence-electron chi connectivity index (χ3n) is 1.92. The van der Waals surface area contributed by atoms with Gasteiger partial charge in [0.2, 0.25) is 0 Å². The number of aryl methyl sites for hydroxylation is 2. The molecule has 72 valence electrons. The highest BCUT2D eigenvalue weighted by atomic mass is 79.9. The quantitative estimate of drug-likeness (QED) is 0.737. The molecule has 0 bridgehead atoms. The average Bonchev–Trinajstić information content (AvgIpc) is 2.10. The topological polar surface area (TPSA) is 9.23 Å². The van der Waals surface area contributed by atoms with E-state index in [0.717, 1.165) is 24.1 Å². The van der Waals surface area contributed by atoms with Crippen molar-refractivity contribution < 1.29 is 4.74 Å². The first kappa shape index (κ1) is 10.6. The summed E-state index contributed by atoms with van der Waals surface area (Å²) in [6, 6.07) is 6.36. The maximum Gasteiger partial charge on any atom is 0.122 e. The number of alkyl halides is 1. The molecule has 0 aliphatic rings. The lowest BCUT2D eigenvalue weighted by atomic mass is 10.1. The van der Waals surface area contributed by atoms with Crippen LogP contribution in [0.3, 0.4) is 0 Å². The van der Waals surface area contributed by atoms with Gasteiger partial charge in [-0.1, -0.05) is 28.1 Å². The van der Waals surface area contributed by atoms with Gasteiger partial charge in [0.15, 0.2) is 0 Å². The van der Waals surface area contributed by atoms with Crippen LogP contribution < -0.4 is 4.74 Å². The Hall–Kier alpha value is -0.500. The summed E-state index contributed by atoms with van der Waals surface area (Å²) in [5, 5.41) is 1.01.